The standard InChI is InChI=1S/C12H18O4/c1-12(11(14)16-3)8-5-4-7(6-8)9(12)10(13)15-2/h7-9H,4-6H2,1-3H3/t7-,8-,9+,12-/m0/s1. The van der Waals surface area contributed by atoms with Crippen molar-refractivity contribution in [3.63, 3.8) is 0 Å². The molecular weight excluding hydrogens is 208 g/mol. The largest absolute Gasteiger partial charge is 0.469 e. The highest BCUT2D eigenvalue weighted by Gasteiger charge is 2.63. The summed E-state index contributed by atoms with van der Waals surface area (Å²) < 4.78 is 9.70. The lowest BCUT2D eigenvalue weighted by molar-refractivity contribution is -0.169. The number of methoxy groups -OCH3 is 2. The van der Waals surface area contributed by atoms with E-state index in [1.54, 1.807) is 0 Å². The van der Waals surface area contributed by atoms with Crippen LogP contribution in [0, 0.1) is 23.2 Å². The van der Waals surface area contributed by atoms with E-state index in [9.17, 15) is 9.59 Å². The SMILES string of the molecule is COC(=O)[C@H]1[C@H]2CC[C@@H](C2)[C@]1(C)C(=O)OC. The van der Waals surface area contributed by atoms with E-state index in [-0.39, 0.29) is 23.8 Å². The molecule has 0 N–H and O–H groups in total. The highest BCUT2D eigenvalue weighted by molar-refractivity contribution is 5.86. The Morgan fingerprint density at radius 3 is 2.44 bits per heavy atom. The Labute approximate surface area is 95.3 Å². The van der Waals surface area contributed by atoms with Gasteiger partial charge in [-0.05, 0) is 38.0 Å². The van der Waals surface area contributed by atoms with Crippen molar-refractivity contribution in [2.45, 2.75) is 26.2 Å². The van der Waals surface area contributed by atoms with Gasteiger partial charge in [0.1, 0.15) is 0 Å². The van der Waals surface area contributed by atoms with Gasteiger partial charge in [-0.3, -0.25) is 9.59 Å². The average molecular weight is 226 g/mol. The Balaban J connectivity index is 2.34. The van der Waals surface area contributed by atoms with Crippen LogP contribution < -0.4 is 0 Å². The fourth-order valence-electron chi connectivity index (χ4n) is 3.69. The van der Waals surface area contributed by atoms with Crippen molar-refractivity contribution < 1.29 is 19.1 Å². The number of carbonyl (C=O) groups excluding carboxylic acids is 2. The monoisotopic (exact) mass is 226 g/mol. The number of hydrogen-bond acceptors (Lipinski definition) is 4. The van der Waals surface area contributed by atoms with E-state index in [1.165, 1.54) is 14.2 Å². The Hall–Kier alpha value is -1.06. The predicted octanol–water partition coefficient (Wildman–Crippen LogP) is 1.38. The Morgan fingerprint density at radius 1 is 1.19 bits per heavy atom. The molecule has 2 saturated carbocycles. The van der Waals surface area contributed by atoms with Crippen LogP contribution in [0.1, 0.15) is 26.2 Å². The van der Waals surface area contributed by atoms with Crippen LogP contribution >= 0.6 is 0 Å². The molecule has 2 bridgehead atoms. The van der Waals surface area contributed by atoms with Gasteiger partial charge in [0.25, 0.3) is 0 Å². The zero-order valence-corrected chi connectivity index (χ0v) is 9.99. The molecule has 2 aliphatic carbocycles. The number of esters is 2. The normalized spacial score (nSPS) is 40.8. The second-order valence-corrected chi connectivity index (χ2v) is 5.05. The Kier molecular flexibility index (Phi) is 2.68. The van der Waals surface area contributed by atoms with Gasteiger partial charge in [-0.2, -0.15) is 0 Å². The molecule has 0 saturated heterocycles. The zero-order chi connectivity index (χ0) is 11.9. The third kappa shape index (κ3) is 1.28. The summed E-state index contributed by atoms with van der Waals surface area (Å²) in [5.74, 6) is -0.283. The van der Waals surface area contributed by atoms with Crippen LogP contribution in [-0.4, -0.2) is 26.2 Å². The number of fused-ring (bicyclic) bond motifs is 2. The summed E-state index contributed by atoms with van der Waals surface area (Å²) in [4.78, 5) is 23.7. The van der Waals surface area contributed by atoms with Gasteiger partial charge in [-0.1, -0.05) is 0 Å². The van der Waals surface area contributed by atoms with Gasteiger partial charge in [0.05, 0.1) is 25.6 Å². The van der Waals surface area contributed by atoms with Crippen molar-refractivity contribution >= 4 is 11.9 Å². The number of carbonyl (C=O) groups is 2. The molecule has 16 heavy (non-hydrogen) atoms. The first kappa shape index (κ1) is 11.4. The lowest BCUT2D eigenvalue weighted by atomic mass is 9.67. The first-order valence-corrected chi connectivity index (χ1v) is 5.72. The lowest BCUT2D eigenvalue weighted by Gasteiger charge is -2.36. The third-order valence-corrected chi connectivity index (χ3v) is 4.52. The fraction of sp³-hybridized carbons (Fsp3) is 0.833. The van der Waals surface area contributed by atoms with E-state index < -0.39 is 5.41 Å². The topological polar surface area (TPSA) is 52.6 Å². The summed E-state index contributed by atoms with van der Waals surface area (Å²) in [5.41, 5.74) is -0.676. The maximum atomic E-state index is 11.9. The molecule has 0 aromatic rings. The van der Waals surface area contributed by atoms with E-state index in [1.807, 2.05) is 6.92 Å². The molecule has 4 heteroatoms. The molecular formula is C12H18O4. The van der Waals surface area contributed by atoms with Crippen molar-refractivity contribution in [3.8, 4) is 0 Å². The molecule has 0 radical (unpaired) electrons. The van der Waals surface area contributed by atoms with Crippen LogP contribution in [0.3, 0.4) is 0 Å². The van der Waals surface area contributed by atoms with Crippen LogP contribution in [0.5, 0.6) is 0 Å². The van der Waals surface area contributed by atoms with E-state index in [4.69, 9.17) is 9.47 Å². The molecule has 2 fully saturated rings. The van der Waals surface area contributed by atoms with Crippen LogP contribution in [0.4, 0.5) is 0 Å². The molecule has 2 aliphatic rings. The smallest absolute Gasteiger partial charge is 0.312 e. The first-order valence-electron chi connectivity index (χ1n) is 5.72. The van der Waals surface area contributed by atoms with Gasteiger partial charge in [0.2, 0.25) is 0 Å². The maximum absolute atomic E-state index is 11.9. The summed E-state index contributed by atoms with van der Waals surface area (Å²) in [6.07, 6.45) is 2.99. The van der Waals surface area contributed by atoms with Crippen molar-refractivity contribution in [2.24, 2.45) is 23.2 Å². The summed E-state index contributed by atoms with van der Waals surface area (Å²) in [6, 6.07) is 0. The van der Waals surface area contributed by atoms with Gasteiger partial charge in [-0.15, -0.1) is 0 Å². The molecule has 90 valence electrons. The van der Waals surface area contributed by atoms with Crippen LogP contribution in [0.25, 0.3) is 0 Å². The van der Waals surface area contributed by atoms with E-state index >= 15 is 0 Å². The van der Waals surface area contributed by atoms with Crippen molar-refractivity contribution in [1.82, 2.24) is 0 Å². The number of ether oxygens (including phenoxy) is 2. The molecule has 0 aliphatic heterocycles. The van der Waals surface area contributed by atoms with E-state index in [2.05, 4.69) is 0 Å². The molecule has 0 spiro atoms. The molecule has 0 aromatic heterocycles. The van der Waals surface area contributed by atoms with Gasteiger partial charge in [0, 0.05) is 0 Å². The van der Waals surface area contributed by atoms with Crippen LogP contribution in [0.15, 0.2) is 0 Å². The van der Waals surface area contributed by atoms with Gasteiger partial charge >= 0.3 is 11.9 Å². The van der Waals surface area contributed by atoms with Gasteiger partial charge in [-0.25, -0.2) is 0 Å². The maximum Gasteiger partial charge on any atom is 0.312 e. The minimum absolute atomic E-state index is 0.264. The molecule has 0 amide bonds. The second kappa shape index (κ2) is 3.75. The van der Waals surface area contributed by atoms with Crippen molar-refractivity contribution in [2.75, 3.05) is 14.2 Å². The van der Waals surface area contributed by atoms with E-state index in [0.717, 1.165) is 19.3 Å². The highest BCUT2D eigenvalue weighted by atomic mass is 16.5. The van der Waals surface area contributed by atoms with Crippen molar-refractivity contribution in [3.05, 3.63) is 0 Å². The summed E-state index contributed by atoms with van der Waals surface area (Å²) in [7, 11) is 2.76. The molecule has 4 atom stereocenters. The average Bonchev–Trinajstić information content (AvgIpc) is 2.86. The van der Waals surface area contributed by atoms with Crippen LogP contribution in [-0.2, 0) is 19.1 Å². The first-order chi connectivity index (χ1) is 7.55. The van der Waals surface area contributed by atoms with E-state index in [0.29, 0.717) is 5.92 Å². The molecule has 0 aromatic carbocycles. The Morgan fingerprint density at radius 2 is 1.88 bits per heavy atom. The fourth-order valence-corrected chi connectivity index (χ4v) is 3.69. The summed E-state index contributed by atoms with van der Waals surface area (Å²) in [6.45, 7) is 1.85. The highest BCUT2D eigenvalue weighted by Crippen LogP contribution is 2.60. The summed E-state index contributed by atoms with van der Waals surface area (Å²) >= 11 is 0. The lowest BCUT2D eigenvalue weighted by Crippen LogP contribution is -2.45. The number of rotatable bonds is 2. The molecule has 2 rings (SSSR count). The number of hydrogen-bond donors (Lipinski definition) is 0. The third-order valence-electron chi connectivity index (χ3n) is 4.52. The zero-order valence-electron chi connectivity index (χ0n) is 9.99. The predicted molar refractivity (Wildman–Crippen MR) is 56.5 cm³/mol. The molecule has 4 nitrogen and oxygen atoms in total. The Bertz CT molecular complexity index is 325. The minimum atomic E-state index is -0.676. The van der Waals surface area contributed by atoms with Gasteiger partial charge in [0.15, 0.2) is 0 Å². The quantitative estimate of drug-likeness (QED) is 0.667. The summed E-state index contributed by atoms with van der Waals surface area (Å²) in [5, 5.41) is 0. The van der Waals surface area contributed by atoms with Crippen molar-refractivity contribution in [1.29, 1.82) is 0 Å². The minimum Gasteiger partial charge on any atom is -0.469 e. The molecule has 0 unspecified atom stereocenters. The van der Waals surface area contributed by atoms with Gasteiger partial charge < -0.3 is 9.47 Å². The second-order valence-electron chi connectivity index (χ2n) is 5.05. The molecule has 0 heterocycles. The van der Waals surface area contributed by atoms with Crippen LogP contribution in [0.2, 0.25) is 0 Å².